The molecule has 2 aromatic rings. The fourth-order valence-corrected chi connectivity index (χ4v) is 2.22. The quantitative estimate of drug-likeness (QED) is 0.816. The van der Waals surface area contributed by atoms with Crippen molar-refractivity contribution >= 4 is 11.3 Å². The maximum Gasteiger partial charge on any atom is 0.165 e. The van der Waals surface area contributed by atoms with Crippen molar-refractivity contribution in [2.24, 2.45) is 0 Å². The van der Waals surface area contributed by atoms with Crippen LogP contribution in [0.2, 0.25) is 0 Å². The molecule has 1 aromatic heterocycles. The van der Waals surface area contributed by atoms with E-state index in [9.17, 15) is 4.39 Å². The zero-order valence-corrected chi connectivity index (χ0v) is 11.0. The molecular formula is C13H15FN2OS. The van der Waals surface area contributed by atoms with Gasteiger partial charge in [0.15, 0.2) is 11.6 Å². The van der Waals surface area contributed by atoms with Crippen molar-refractivity contribution in [3.63, 3.8) is 0 Å². The molecule has 3 nitrogen and oxygen atoms in total. The van der Waals surface area contributed by atoms with Crippen LogP contribution >= 0.6 is 11.3 Å². The zero-order valence-electron chi connectivity index (χ0n) is 10.1. The summed E-state index contributed by atoms with van der Waals surface area (Å²) in [6.07, 6.45) is 0.891. The lowest BCUT2D eigenvalue weighted by atomic mass is 10.2. The second kappa shape index (κ2) is 6.47. The van der Waals surface area contributed by atoms with Gasteiger partial charge in [-0.1, -0.05) is 6.07 Å². The molecule has 0 aliphatic heterocycles. The Bertz CT molecular complexity index is 488. The van der Waals surface area contributed by atoms with Crippen LogP contribution in [0.5, 0.6) is 5.75 Å². The number of nitrogens with zero attached hydrogens (tertiary/aromatic N) is 1. The van der Waals surface area contributed by atoms with Gasteiger partial charge in [0.1, 0.15) is 0 Å². The Morgan fingerprint density at radius 3 is 3.00 bits per heavy atom. The Labute approximate surface area is 110 Å². The first-order valence-electron chi connectivity index (χ1n) is 5.70. The number of thiazole rings is 1. The summed E-state index contributed by atoms with van der Waals surface area (Å²) in [5.74, 6) is -0.0440. The summed E-state index contributed by atoms with van der Waals surface area (Å²) in [4.78, 5) is 4.20. The standard InChI is InChI=1S/C13H15FN2OS/c1-17-13-3-2-10(6-12(13)14)7-15-5-4-11-8-18-9-16-11/h2-3,6,8-9,15H,4-5,7H2,1H3. The van der Waals surface area contributed by atoms with E-state index in [1.165, 1.54) is 13.2 Å². The number of halogens is 1. The SMILES string of the molecule is COc1ccc(CNCCc2cscn2)cc1F. The maximum absolute atomic E-state index is 13.4. The predicted molar refractivity (Wildman–Crippen MR) is 70.5 cm³/mol. The molecular weight excluding hydrogens is 251 g/mol. The molecule has 0 unspecified atom stereocenters. The fourth-order valence-electron chi connectivity index (χ4n) is 1.63. The smallest absolute Gasteiger partial charge is 0.165 e. The van der Waals surface area contributed by atoms with Gasteiger partial charge in [0.2, 0.25) is 0 Å². The first-order valence-corrected chi connectivity index (χ1v) is 6.64. The van der Waals surface area contributed by atoms with Crippen LogP contribution in [0.25, 0.3) is 0 Å². The van der Waals surface area contributed by atoms with E-state index in [2.05, 4.69) is 10.3 Å². The van der Waals surface area contributed by atoms with Crippen LogP contribution in [0.3, 0.4) is 0 Å². The first-order chi connectivity index (χ1) is 8.79. The van der Waals surface area contributed by atoms with Crippen molar-refractivity contribution in [1.29, 1.82) is 0 Å². The molecule has 18 heavy (non-hydrogen) atoms. The van der Waals surface area contributed by atoms with Gasteiger partial charge in [0.05, 0.1) is 18.3 Å². The minimum absolute atomic E-state index is 0.279. The zero-order chi connectivity index (χ0) is 12.8. The number of rotatable bonds is 6. The van der Waals surface area contributed by atoms with Gasteiger partial charge in [-0.15, -0.1) is 11.3 Å². The van der Waals surface area contributed by atoms with Crippen molar-refractivity contribution < 1.29 is 9.13 Å². The van der Waals surface area contributed by atoms with E-state index in [1.807, 2.05) is 17.0 Å². The fraction of sp³-hybridized carbons (Fsp3) is 0.308. The van der Waals surface area contributed by atoms with E-state index < -0.39 is 0 Å². The molecule has 1 heterocycles. The van der Waals surface area contributed by atoms with E-state index in [4.69, 9.17) is 4.74 Å². The van der Waals surface area contributed by atoms with Gasteiger partial charge in [-0.2, -0.15) is 0 Å². The summed E-state index contributed by atoms with van der Waals surface area (Å²) < 4.78 is 18.3. The molecule has 0 atom stereocenters. The summed E-state index contributed by atoms with van der Waals surface area (Å²) in [6, 6.07) is 5.00. The molecule has 0 bridgehead atoms. The van der Waals surface area contributed by atoms with Gasteiger partial charge < -0.3 is 10.1 Å². The van der Waals surface area contributed by atoms with Crippen LogP contribution in [0.1, 0.15) is 11.3 Å². The summed E-state index contributed by atoms with van der Waals surface area (Å²) in [6.45, 7) is 1.47. The molecule has 1 aromatic carbocycles. The molecule has 0 aliphatic carbocycles. The molecule has 1 N–H and O–H groups in total. The topological polar surface area (TPSA) is 34.1 Å². The van der Waals surface area contributed by atoms with Crippen LogP contribution in [0, 0.1) is 5.82 Å². The molecule has 2 rings (SSSR count). The summed E-state index contributed by atoms with van der Waals surface area (Å²) in [5, 5.41) is 5.30. The van der Waals surface area contributed by atoms with Gasteiger partial charge in [0, 0.05) is 24.9 Å². The Kier molecular flexibility index (Phi) is 4.66. The molecule has 0 aliphatic rings. The monoisotopic (exact) mass is 266 g/mol. The van der Waals surface area contributed by atoms with Crippen LogP contribution in [0.4, 0.5) is 4.39 Å². The molecule has 0 spiro atoms. The highest BCUT2D eigenvalue weighted by atomic mass is 32.1. The molecule has 0 fully saturated rings. The van der Waals surface area contributed by atoms with E-state index in [0.717, 1.165) is 24.2 Å². The van der Waals surface area contributed by atoms with Crippen LogP contribution < -0.4 is 10.1 Å². The predicted octanol–water partition coefficient (Wildman–Crippen LogP) is 2.62. The normalized spacial score (nSPS) is 10.6. The largest absolute Gasteiger partial charge is 0.494 e. The van der Waals surface area contributed by atoms with E-state index in [1.54, 1.807) is 17.4 Å². The Morgan fingerprint density at radius 2 is 2.33 bits per heavy atom. The van der Waals surface area contributed by atoms with Crippen molar-refractivity contribution in [2.45, 2.75) is 13.0 Å². The third kappa shape index (κ3) is 3.51. The van der Waals surface area contributed by atoms with Crippen molar-refractivity contribution in [1.82, 2.24) is 10.3 Å². The summed E-state index contributed by atoms with van der Waals surface area (Å²) >= 11 is 1.60. The number of methoxy groups -OCH3 is 1. The van der Waals surface area contributed by atoms with Crippen LogP contribution in [-0.2, 0) is 13.0 Å². The highest BCUT2D eigenvalue weighted by molar-refractivity contribution is 7.07. The van der Waals surface area contributed by atoms with Crippen molar-refractivity contribution in [3.8, 4) is 5.75 Å². The highest BCUT2D eigenvalue weighted by Gasteiger charge is 2.03. The second-order valence-corrected chi connectivity index (χ2v) is 4.59. The Morgan fingerprint density at radius 1 is 1.44 bits per heavy atom. The van der Waals surface area contributed by atoms with Gasteiger partial charge in [0.25, 0.3) is 0 Å². The van der Waals surface area contributed by atoms with Gasteiger partial charge in [-0.25, -0.2) is 9.37 Å². The van der Waals surface area contributed by atoms with Gasteiger partial charge in [-0.3, -0.25) is 0 Å². The average molecular weight is 266 g/mol. The lowest BCUT2D eigenvalue weighted by molar-refractivity contribution is 0.386. The third-order valence-corrected chi connectivity index (χ3v) is 3.22. The number of aromatic nitrogens is 1. The van der Waals surface area contributed by atoms with E-state index in [-0.39, 0.29) is 11.6 Å². The Hall–Kier alpha value is -1.46. The molecule has 0 saturated carbocycles. The van der Waals surface area contributed by atoms with Crippen molar-refractivity contribution in [3.05, 3.63) is 46.2 Å². The van der Waals surface area contributed by atoms with Gasteiger partial charge in [-0.05, 0) is 17.7 Å². The third-order valence-electron chi connectivity index (χ3n) is 2.59. The van der Waals surface area contributed by atoms with Crippen molar-refractivity contribution in [2.75, 3.05) is 13.7 Å². The number of ether oxygens (including phenoxy) is 1. The maximum atomic E-state index is 13.4. The lowest BCUT2D eigenvalue weighted by Gasteiger charge is -2.06. The first kappa shape index (κ1) is 13.0. The molecule has 0 radical (unpaired) electrons. The summed E-state index contributed by atoms with van der Waals surface area (Å²) in [7, 11) is 1.46. The molecule has 0 amide bonds. The molecule has 0 saturated heterocycles. The summed E-state index contributed by atoms with van der Waals surface area (Å²) in [5.41, 5.74) is 3.83. The minimum atomic E-state index is -0.323. The van der Waals surface area contributed by atoms with E-state index in [0.29, 0.717) is 6.54 Å². The minimum Gasteiger partial charge on any atom is -0.494 e. The number of nitrogens with one attached hydrogen (secondary N) is 1. The van der Waals surface area contributed by atoms with Crippen LogP contribution in [-0.4, -0.2) is 18.6 Å². The van der Waals surface area contributed by atoms with Crippen LogP contribution in [0.15, 0.2) is 29.1 Å². The van der Waals surface area contributed by atoms with Gasteiger partial charge >= 0.3 is 0 Å². The highest BCUT2D eigenvalue weighted by Crippen LogP contribution is 2.17. The lowest BCUT2D eigenvalue weighted by Crippen LogP contribution is -2.16. The number of hydrogen-bond donors (Lipinski definition) is 1. The van der Waals surface area contributed by atoms with E-state index >= 15 is 0 Å². The molecule has 96 valence electrons. The number of benzene rings is 1. The molecule has 5 heteroatoms. The second-order valence-electron chi connectivity index (χ2n) is 3.88. The number of hydrogen-bond acceptors (Lipinski definition) is 4. The average Bonchev–Trinajstić information content (AvgIpc) is 2.88. The Balaban J connectivity index is 1.78.